The lowest BCUT2D eigenvalue weighted by molar-refractivity contribution is 0.0989. The summed E-state index contributed by atoms with van der Waals surface area (Å²) >= 11 is 0. The molecule has 72 valence electrons. The molecule has 5 nitrogen and oxygen atoms in total. The molecule has 0 saturated heterocycles. The van der Waals surface area contributed by atoms with Crippen LogP contribution in [-0.4, -0.2) is 20.5 Å². The van der Waals surface area contributed by atoms with Crippen LogP contribution in [0.3, 0.4) is 0 Å². The molecular weight excluding hydrogens is 180 g/mol. The molecule has 2 heterocycles. The molecule has 0 spiro atoms. The number of carbonyl (C=O) groups excluding carboxylic acids is 1. The standard InChI is InChI=1S/C9H10N4O/c1-5-3-4-7-11-12-9(8(10)14)13(7)6(5)2/h3-4H,1-2H3,(H2,10,14). The van der Waals surface area contributed by atoms with E-state index in [2.05, 4.69) is 10.2 Å². The van der Waals surface area contributed by atoms with Gasteiger partial charge >= 0.3 is 0 Å². The summed E-state index contributed by atoms with van der Waals surface area (Å²) in [4.78, 5) is 11.0. The lowest BCUT2D eigenvalue weighted by atomic mass is 10.2. The number of aromatic nitrogens is 3. The Morgan fingerprint density at radius 3 is 2.71 bits per heavy atom. The van der Waals surface area contributed by atoms with E-state index in [0.717, 1.165) is 11.3 Å². The number of hydrogen-bond donors (Lipinski definition) is 1. The number of pyridine rings is 1. The number of primary amides is 1. The van der Waals surface area contributed by atoms with Gasteiger partial charge in [0, 0.05) is 5.69 Å². The van der Waals surface area contributed by atoms with Crippen molar-refractivity contribution in [2.75, 3.05) is 0 Å². The molecule has 2 rings (SSSR count). The topological polar surface area (TPSA) is 73.3 Å². The maximum absolute atomic E-state index is 11.0. The quantitative estimate of drug-likeness (QED) is 0.709. The van der Waals surface area contributed by atoms with Crippen LogP contribution in [0.25, 0.3) is 5.65 Å². The van der Waals surface area contributed by atoms with Crippen molar-refractivity contribution in [1.29, 1.82) is 0 Å². The molecule has 0 bridgehead atoms. The molecule has 2 N–H and O–H groups in total. The second-order valence-corrected chi connectivity index (χ2v) is 3.18. The van der Waals surface area contributed by atoms with Gasteiger partial charge in [-0.2, -0.15) is 0 Å². The third-order valence-electron chi connectivity index (χ3n) is 2.30. The minimum atomic E-state index is -0.564. The first-order valence-corrected chi connectivity index (χ1v) is 4.22. The first-order chi connectivity index (χ1) is 6.61. The van der Waals surface area contributed by atoms with Crippen molar-refractivity contribution in [3.8, 4) is 0 Å². The smallest absolute Gasteiger partial charge is 0.287 e. The zero-order valence-corrected chi connectivity index (χ0v) is 7.98. The van der Waals surface area contributed by atoms with Gasteiger partial charge in [-0.1, -0.05) is 6.07 Å². The van der Waals surface area contributed by atoms with Crippen molar-refractivity contribution in [2.45, 2.75) is 13.8 Å². The fraction of sp³-hybridized carbons (Fsp3) is 0.222. The fourth-order valence-electron chi connectivity index (χ4n) is 1.39. The van der Waals surface area contributed by atoms with E-state index in [9.17, 15) is 4.79 Å². The largest absolute Gasteiger partial charge is 0.363 e. The van der Waals surface area contributed by atoms with E-state index < -0.39 is 5.91 Å². The number of nitrogens with zero attached hydrogens (tertiary/aromatic N) is 3. The summed E-state index contributed by atoms with van der Waals surface area (Å²) < 4.78 is 1.66. The number of hydrogen-bond acceptors (Lipinski definition) is 3. The van der Waals surface area contributed by atoms with Crippen LogP contribution < -0.4 is 5.73 Å². The summed E-state index contributed by atoms with van der Waals surface area (Å²) in [5.41, 5.74) is 7.82. The van der Waals surface area contributed by atoms with Crippen LogP contribution in [-0.2, 0) is 0 Å². The Kier molecular flexibility index (Phi) is 1.73. The lowest BCUT2D eigenvalue weighted by Gasteiger charge is -2.03. The second-order valence-electron chi connectivity index (χ2n) is 3.18. The summed E-state index contributed by atoms with van der Waals surface area (Å²) in [5.74, 6) is -0.382. The Balaban J connectivity index is 2.89. The molecular formula is C9H10N4O. The van der Waals surface area contributed by atoms with E-state index in [1.807, 2.05) is 26.0 Å². The highest BCUT2D eigenvalue weighted by atomic mass is 16.1. The van der Waals surface area contributed by atoms with Gasteiger partial charge in [-0.25, -0.2) is 0 Å². The predicted molar refractivity (Wildman–Crippen MR) is 51.0 cm³/mol. The van der Waals surface area contributed by atoms with Crippen LogP contribution in [0.15, 0.2) is 12.1 Å². The molecule has 0 fully saturated rings. The second kappa shape index (κ2) is 2.80. The van der Waals surface area contributed by atoms with Gasteiger partial charge < -0.3 is 5.73 Å². The zero-order valence-electron chi connectivity index (χ0n) is 7.98. The predicted octanol–water partition coefficient (Wildman–Crippen LogP) is 0.445. The maximum atomic E-state index is 11.0. The van der Waals surface area contributed by atoms with Crippen LogP contribution in [0.1, 0.15) is 21.9 Å². The molecule has 0 aliphatic carbocycles. The van der Waals surface area contributed by atoms with Crippen molar-refractivity contribution in [3.63, 3.8) is 0 Å². The normalized spacial score (nSPS) is 10.7. The van der Waals surface area contributed by atoms with Crippen molar-refractivity contribution >= 4 is 11.6 Å². The van der Waals surface area contributed by atoms with E-state index in [4.69, 9.17) is 5.73 Å². The Labute approximate surface area is 80.6 Å². The molecule has 14 heavy (non-hydrogen) atoms. The highest BCUT2D eigenvalue weighted by molar-refractivity contribution is 5.89. The summed E-state index contributed by atoms with van der Waals surface area (Å²) in [6.45, 7) is 3.86. The highest BCUT2D eigenvalue weighted by Gasteiger charge is 2.12. The van der Waals surface area contributed by atoms with Crippen molar-refractivity contribution in [2.24, 2.45) is 5.73 Å². The Bertz CT molecular complexity index is 515. The number of aryl methyl sites for hydroxylation is 2. The summed E-state index contributed by atoms with van der Waals surface area (Å²) in [7, 11) is 0. The lowest BCUT2D eigenvalue weighted by Crippen LogP contribution is -2.16. The first kappa shape index (κ1) is 8.68. The summed E-state index contributed by atoms with van der Waals surface area (Å²) in [6.07, 6.45) is 0. The van der Waals surface area contributed by atoms with Gasteiger partial charge in [0.1, 0.15) is 0 Å². The van der Waals surface area contributed by atoms with E-state index in [0.29, 0.717) is 5.65 Å². The monoisotopic (exact) mass is 190 g/mol. The number of amides is 1. The fourth-order valence-corrected chi connectivity index (χ4v) is 1.39. The molecule has 5 heteroatoms. The first-order valence-electron chi connectivity index (χ1n) is 4.22. The highest BCUT2D eigenvalue weighted by Crippen LogP contribution is 2.11. The van der Waals surface area contributed by atoms with Gasteiger partial charge in [-0.15, -0.1) is 10.2 Å². The van der Waals surface area contributed by atoms with Crippen LogP contribution in [0.5, 0.6) is 0 Å². The molecule has 0 radical (unpaired) electrons. The maximum Gasteiger partial charge on any atom is 0.287 e. The molecule has 2 aromatic heterocycles. The van der Waals surface area contributed by atoms with Crippen molar-refractivity contribution in [3.05, 3.63) is 29.2 Å². The third kappa shape index (κ3) is 1.06. The molecule has 0 aliphatic rings. The van der Waals surface area contributed by atoms with Crippen LogP contribution in [0, 0.1) is 13.8 Å². The number of carbonyl (C=O) groups is 1. The molecule has 0 aromatic carbocycles. The average Bonchev–Trinajstić information content (AvgIpc) is 2.55. The van der Waals surface area contributed by atoms with Crippen molar-refractivity contribution in [1.82, 2.24) is 14.6 Å². The van der Waals surface area contributed by atoms with Gasteiger partial charge in [0.05, 0.1) is 0 Å². The van der Waals surface area contributed by atoms with Crippen LogP contribution in [0.4, 0.5) is 0 Å². The SMILES string of the molecule is Cc1ccc2nnc(C(N)=O)n2c1C. The van der Waals surface area contributed by atoms with E-state index >= 15 is 0 Å². The number of fused-ring (bicyclic) bond motifs is 1. The summed E-state index contributed by atoms with van der Waals surface area (Å²) in [5, 5.41) is 7.59. The third-order valence-corrected chi connectivity index (χ3v) is 2.30. The van der Waals surface area contributed by atoms with Crippen molar-refractivity contribution < 1.29 is 4.79 Å². The van der Waals surface area contributed by atoms with Gasteiger partial charge in [0.15, 0.2) is 5.65 Å². The van der Waals surface area contributed by atoms with Gasteiger partial charge in [0.25, 0.3) is 5.91 Å². The van der Waals surface area contributed by atoms with Crippen LogP contribution >= 0.6 is 0 Å². The number of nitrogens with two attached hydrogens (primary N) is 1. The average molecular weight is 190 g/mol. The molecule has 0 atom stereocenters. The molecule has 0 unspecified atom stereocenters. The minimum Gasteiger partial charge on any atom is -0.363 e. The minimum absolute atomic E-state index is 0.182. The van der Waals surface area contributed by atoms with Gasteiger partial charge in [-0.3, -0.25) is 9.20 Å². The molecule has 1 amide bonds. The van der Waals surface area contributed by atoms with Gasteiger partial charge in [0.2, 0.25) is 5.82 Å². The molecule has 2 aromatic rings. The Morgan fingerprint density at radius 2 is 2.07 bits per heavy atom. The summed E-state index contributed by atoms with van der Waals surface area (Å²) in [6, 6.07) is 3.74. The van der Waals surface area contributed by atoms with E-state index in [1.165, 1.54) is 0 Å². The van der Waals surface area contributed by atoms with Crippen LogP contribution in [0.2, 0.25) is 0 Å². The van der Waals surface area contributed by atoms with E-state index in [-0.39, 0.29) is 5.82 Å². The Hall–Kier alpha value is -1.91. The number of rotatable bonds is 1. The van der Waals surface area contributed by atoms with E-state index in [1.54, 1.807) is 4.40 Å². The molecule has 0 saturated carbocycles. The molecule has 0 aliphatic heterocycles. The Morgan fingerprint density at radius 1 is 1.36 bits per heavy atom. The zero-order chi connectivity index (χ0) is 10.3. The van der Waals surface area contributed by atoms with Gasteiger partial charge in [-0.05, 0) is 25.5 Å².